The van der Waals surface area contributed by atoms with Crippen LogP contribution >= 0.6 is 0 Å². The largest absolute Gasteiger partial charge is 0.304 e. The first-order chi connectivity index (χ1) is 12.1. The van der Waals surface area contributed by atoms with E-state index in [4.69, 9.17) is 4.98 Å². The SMILES string of the molecule is Cc1nc(C)n(C[C@H]2CCCN(Cc3cn4c(C)cccc4n3)C2)n1. The second kappa shape index (κ2) is 6.59. The number of nitrogens with zero attached hydrogens (tertiary/aromatic N) is 6. The maximum absolute atomic E-state index is 4.79. The Morgan fingerprint density at radius 2 is 2.04 bits per heavy atom. The van der Waals surface area contributed by atoms with Crippen molar-refractivity contribution in [3.05, 3.63) is 47.4 Å². The van der Waals surface area contributed by atoms with Crippen molar-refractivity contribution in [3.8, 4) is 0 Å². The van der Waals surface area contributed by atoms with Gasteiger partial charge in [-0.3, -0.25) is 4.90 Å². The van der Waals surface area contributed by atoms with Gasteiger partial charge in [-0.2, -0.15) is 5.10 Å². The van der Waals surface area contributed by atoms with Gasteiger partial charge < -0.3 is 4.40 Å². The van der Waals surface area contributed by atoms with Crippen molar-refractivity contribution in [2.24, 2.45) is 5.92 Å². The summed E-state index contributed by atoms with van der Waals surface area (Å²) >= 11 is 0. The third-order valence-electron chi connectivity index (χ3n) is 5.13. The number of hydrogen-bond donors (Lipinski definition) is 0. The third-order valence-corrected chi connectivity index (χ3v) is 5.13. The lowest BCUT2D eigenvalue weighted by Crippen LogP contribution is -2.37. The molecule has 0 aromatic carbocycles. The molecule has 0 aliphatic carbocycles. The Morgan fingerprint density at radius 3 is 2.80 bits per heavy atom. The highest BCUT2D eigenvalue weighted by atomic mass is 15.3. The van der Waals surface area contributed by atoms with Crippen LogP contribution in [0.15, 0.2) is 24.4 Å². The van der Waals surface area contributed by atoms with Crippen LogP contribution in [-0.2, 0) is 13.1 Å². The van der Waals surface area contributed by atoms with E-state index in [1.54, 1.807) is 0 Å². The normalized spacial score (nSPS) is 18.9. The molecular formula is C19H26N6. The molecule has 6 heteroatoms. The van der Waals surface area contributed by atoms with Crippen molar-refractivity contribution in [2.75, 3.05) is 13.1 Å². The van der Waals surface area contributed by atoms with Gasteiger partial charge in [0, 0.05) is 31.5 Å². The molecule has 6 nitrogen and oxygen atoms in total. The number of rotatable bonds is 4. The molecule has 0 N–H and O–H groups in total. The van der Waals surface area contributed by atoms with Crippen LogP contribution in [0.3, 0.4) is 0 Å². The van der Waals surface area contributed by atoms with Gasteiger partial charge in [0.1, 0.15) is 17.3 Å². The van der Waals surface area contributed by atoms with Crippen molar-refractivity contribution in [3.63, 3.8) is 0 Å². The first kappa shape index (κ1) is 16.3. The molecule has 1 aliphatic heterocycles. The molecule has 3 aromatic rings. The van der Waals surface area contributed by atoms with E-state index in [0.29, 0.717) is 5.92 Å². The summed E-state index contributed by atoms with van der Waals surface area (Å²) in [5, 5.41) is 4.52. The van der Waals surface area contributed by atoms with Gasteiger partial charge in [-0.05, 0) is 58.2 Å². The summed E-state index contributed by atoms with van der Waals surface area (Å²) in [6.45, 7) is 10.3. The van der Waals surface area contributed by atoms with E-state index in [9.17, 15) is 0 Å². The molecule has 0 bridgehead atoms. The monoisotopic (exact) mass is 338 g/mol. The van der Waals surface area contributed by atoms with Gasteiger partial charge in [-0.1, -0.05) is 6.07 Å². The minimum absolute atomic E-state index is 0.632. The average molecular weight is 338 g/mol. The number of pyridine rings is 1. The second-order valence-electron chi connectivity index (χ2n) is 7.26. The highest BCUT2D eigenvalue weighted by Gasteiger charge is 2.22. The van der Waals surface area contributed by atoms with E-state index in [0.717, 1.165) is 49.2 Å². The number of hydrogen-bond acceptors (Lipinski definition) is 4. The summed E-state index contributed by atoms with van der Waals surface area (Å²) in [4.78, 5) is 11.7. The molecule has 132 valence electrons. The quantitative estimate of drug-likeness (QED) is 0.734. The molecule has 0 saturated carbocycles. The Hall–Kier alpha value is -2.21. The van der Waals surface area contributed by atoms with E-state index in [-0.39, 0.29) is 0 Å². The van der Waals surface area contributed by atoms with E-state index in [1.807, 2.05) is 13.8 Å². The van der Waals surface area contributed by atoms with Gasteiger partial charge in [0.2, 0.25) is 0 Å². The highest BCUT2D eigenvalue weighted by molar-refractivity contribution is 5.41. The van der Waals surface area contributed by atoms with Gasteiger partial charge in [0.05, 0.1) is 5.69 Å². The molecule has 1 aliphatic rings. The standard InChI is InChI=1S/C19H26N6/c1-14-6-4-8-19-21-18(13-24(14)19)12-23-9-5-7-17(10-23)11-25-16(3)20-15(2)22-25/h4,6,8,13,17H,5,7,9-12H2,1-3H3/t17-/m0/s1. The lowest BCUT2D eigenvalue weighted by atomic mass is 9.98. The van der Waals surface area contributed by atoms with Crippen LogP contribution in [-0.4, -0.2) is 42.1 Å². The predicted molar refractivity (Wildman–Crippen MR) is 97.4 cm³/mol. The van der Waals surface area contributed by atoms with Crippen molar-refractivity contribution in [1.29, 1.82) is 0 Å². The van der Waals surface area contributed by atoms with E-state index < -0.39 is 0 Å². The van der Waals surface area contributed by atoms with Crippen LogP contribution in [0.5, 0.6) is 0 Å². The van der Waals surface area contributed by atoms with Gasteiger partial charge in [0.15, 0.2) is 0 Å². The van der Waals surface area contributed by atoms with Crippen molar-refractivity contribution < 1.29 is 0 Å². The Bertz CT molecular complexity index is 877. The minimum atomic E-state index is 0.632. The number of imidazole rings is 1. The van der Waals surface area contributed by atoms with Gasteiger partial charge >= 0.3 is 0 Å². The lowest BCUT2D eigenvalue weighted by molar-refractivity contribution is 0.151. The zero-order valence-corrected chi connectivity index (χ0v) is 15.3. The Labute approximate surface area is 148 Å². The molecule has 4 heterocycles. The van der Waals surface area contributed by atoms with Gasteiger partial charge in [-0.15, -0.1) is 0 Å². The molecule has 0 unspecified atom stereocenters. The predicted octanol–water partition coefficient (Wildman–Crippen LogP) is 2.76. The van der Waals surface area contributed by atoms with Crippen LogP contribution in [0.1, 0.15) is 35.9 Å². The first-order valence-corrected chi connectivity index (χ1v) is 9.12. The molecular weight excluding hydrogens is 312 g/mol. The maximum Gasteiger partial charge on any atom is 0.147 e. The number of fused-ring (bicyclic) bond motifs is 1. The number of aryl methyl sites for hydroxylation is 3. The molecule has 0 amide bonds. The van der Waals surface area contributed by atoms with Gasteiger partial charge in [0.25, 0.3) is 0 Å². The number of aromatic nitrogens is 5. The molecule has 25 heavy (non-hydrogen) atoms. The fourth-order valence-electron chi connectivity index (χ4n) is 3.93. The number of piperidine rings is 1. The Kier molecular flexibility index (Phi) is 4.29. The first-order valence-electron chi connectivity index (χ1n) is 9.12. The Morgan fingerprint density at radius 1 is 1.16 bits per heavy atom. The second-order valence-corrected chi connectivity index (χ2v) is 7.26. The van der Waals surface area contributed by atoms with E-state index in [1.165, 1.54) is 18.5 Å². The summed E-state index contributed by atoms with van der Waals surface area (Å²) in [5.41, 5.74) is 3.42. The Balaban J connectivity index is 1.43. The van der Waals surface area contributed by atoms with Crippen molar-refractivity contribution in [2.45, 2.75) is 46.7 Å². The smallest absolute Gasteiger partial charge is 0.147 e. The molecule has 0 radical (unpaired) electrons. The zero-order chi connectivity index (χ0) is 17.4. The fraction of sp³-hybridized carbons (Fsp3) is 0.526. The van der Waals surface area contributed by atoms with Crippen LogP contribution in [0, 0.1) is 26.7 Å². The average Bonchev–Trinajstić information content (AvgIpc) is 3.11. The molecule has 1 saturated heterocycles. The molecule has 0 spiro atoms. The summed E-state index contributed by atoms with van der Waals surface area (Å²) in [5.74, 6) is 2.52. The van der Waals surface area contributed by atoms with E-state index in [2.05, 4.69) is 55.4 Å². The molecule has 3 aromatic heterocycles. The van der Waals surface area contributed by atoms with Crippen LogP contribution in [0.4, 0.5) is 0 Å². The third kappa shape index (κ3) is 3.44. The molecule has 1 atom stereocenters. The van der Waals surface area contributed by atoms with Crippen molar-refractivity contribution in [1.82, 2.24) is 29.0 Å². The van der Waals surface area contributed by atoms with Crippen LogP contribution in [0.25, 0.3) is 5.65 Å². The van der Waals surface area contributed by atoms with Crippen LogP contribution in [0.2, 0.25) is 0 Å². The topological polar surface area (TPSA) is 51.2 Å². The van der Waals surface area contributed by atoms with E-state index >= 15 is 0 Å². The fourth-order valence-corrected chi connectivity index (χ4v) is 3.93. The molecule has 4 rings (SSSR count). The maximum atomic E-state index is 4.79. The number of likely N-dealkylation sites (tertiary alicyclic amines) is 1. The summed E-state index contributed by atoms with van der Waals surface area (Å²) < 4.78 is 4.25. The molecule has 1 fully saturated rings. The summed E-state index contributed by atoms with van der Waals surface area (Å²) in [7, 11) is 0. The van der Waals surface area contributed by atoms with Crippen LogP contribution < -0.4 is 0 Å². The zero-order valence-electron chi connectivity index (χ0n) is 15.3. The lowest BCUT2D eigenvalue weighted by Gasteiger charge is -2.32. The summed E-state index contributed by atoms with van der Waals surface area (Å²) in [6, 6.07) is 6.27. The highest BCUT2D eigenvalue weighted by Crippen LogP contribution is 2.21. The van der Waals surface area contributed by atoms with Gasteiger partial charge in [-0.25, -0.2) is 14.6 Å². The summed E-state index contributed by atoms with van der Waals surface area (Å²) in [6.07, 6.45) is 4.68. The minimum Gasteiger partial charge on any atom is -0.304 e. The van der Waals surface area contributed by atoms with Crippen molar-refractivity contribution >= 4 is 5.65 Å².